The van der Waals surface area contributed by atoms with Gasteiger partial charge in [-0.1, -0.05) is 42.5 Å². The Hall–Kier alpha value is -3.31. The molecule has 2 N–H and O–H groups in total. The monoisotopic (exact) mass is 401 g/mol. The second kappa shape index (κ2) is 8.59. The highest BCUT2D eigenvalue weighted by atomic mass is 16.5. The lowest BCUT2D eigenvalue weighted by molar-refractivity contribution is 0.0827. The Balaban J connectivity index is 1.34. The van der Waals surface area contributed by atoms with Crippen LogP contribution in [0.25, 0.3) is 0 Å². The molecule has 0 aliphatic carbocycles. The number of carbonyl (C=O) groups is 1. The molecule has 30 heavy (non-hydrogen) atoms. The molecule has 0 aromatic heterocycles. The summed E-state index contributed by atoms with van der Waals surface area (Å²) >= 11 is 0. The zero-order chi connectivity index (χ0) is 21.1. The van der Waals surface area contributed by atoms with Crippen molar-refractivity contribution in [1.29, 1.82) is 0 Å². The third-order valence-electron chi connectivity index (χ3n) is 5.39. The SMILES string of the molecule is CN(C)C(=O)c1ccc(COc2ccc(CN3Cc4ccccc4C3)cc2N)cc1. The molecule has 1 heterocycles. The van der Waals surface area contributed by atoms with Crippen molar-refractivity contribution in [3.05, 3.63) is 94.5 Å². The third-order valence-corrected chi connectivity index (χ3v) is 5.39. The van der Waals surface area contributed by atoms with Crippen LogP contribution in [-0.4, -0.2) is 29.8 Å². The van der Waals surface area contributed by atoms with E-state index < -0.39 is 0 Å². The Morgan fingerprint density at radius 1 is 0.967 bits per heavy atom. The first-order valence-corrected chi connectivity index (χ1v) is 10.1. The summed E-state index contributed by atoms with van der Waals surface area (Å²) in [5.74, 6) is 0.667. The van der Waals surface area contributed by atoms with Crippen LogP contribution in [0.5, 0.6) is 5.75 Å². The maximum atomic E-state index is 12.0. The minimum Gasteiger partial charge on any atom is -0.487 e. The fourth-order valence-corrected chi connectivity index (χ4v) is 3.76. The minimum absolute atomic E-state index is 0.0107. The summed E-state index contributed by atoms with van der Waals surface area (Å²) in [7, 11) is 3.49. The van der Waals surface area contributed by atoms with Gasteiger partial charge in [0.2, 0.25) is 0 Å². The van der Waals surface area contributed by atoms with Crippen molar-refractivity contribution in [3.63, 3.8) is 0 Å². The summed E-state index contributed by atoms with van der Waals surface area (Å²) < 4.78 is 5.91. The zero-order valence-electron chi connectivity index (χ0n) is 17.5. The molecule has 3 aromatic rings. The molecule has 5 heteroatoms. The van der Waals surface area contributed by atoms with Crippen LogP contribution in [0.3, 0.4) is 0 Å². The molecular formula is C25H27N3O2. The second-order valence-electron chi connectivity index (χ2n) is 7.97. The number of nitrogens with zero attached hydrogens (tertiary/aromatic N) is 2. The lowest BCUT2D eigenvalue weighted by Crippen LogP contribution is -2.21. The molecule has 3 aromatic carbocycles. The van der Waals surface area contributed by atoms with Crippen molar-refractivity contribution < 1.29 is 9.53 Å². The van der Waals surface area contributed by atoms with E-state index in [1.54, 1.807) is 19.0 Å². The Labute approximate surface area is 177 Å². The molecule has 4 rings (SSSR count). The summed E-state index contributed by atoms with van der Waals surface area (Å²) in [4.78, 5) is 16.0. The van der Waals surface area contributed by atoms with Crippen LogP contribution in [0, 0.1) is 0 Å². The van der Waals surface area contributed by atoms with E-state index in [2.05, 4.69) is 35.2 Å². The largest absolute Gasteiger partial charge is 0.487 e. The van der Waals surface area contributed by atoms with Gasteiger partial charge in [0, 0.05) is 39.3 Å². The Morgan fingerprint density at radius 2 is 1.60 bits per heavy atom. The number of anilines is 1. The van der Waals surface area contributed by atoms with Crippen LogP contribution in [0.2, 0.25) is 0 Å². The average Bonchev–Trinajstić information content (AvgIpc) is 3.15. The molecule has 0 spiro atoms. The van der Waals surface area contributed by atoms with E-state index in [0.717, 1.165) is 25.2 Å². The number of hydrogen-bond donors (Lipinski definition) is 1. The molecule has 0 fully saturated rings. The first-order valence-electron chi connectivity index (χ1n) is 10.1. The number of rotatable bonds is 6. The number of fused-ring (bicyclic) bond motifs is 1. The van der Waals surface area contributed by atoms with Gasteiger partial charge in [0.05, 0.1) is 5.69 Å². The van der Waals surface area contributed by atoms with Crippen molar-refractivity contribution in [2.45, 2.75) is 26.2 Å². The third kappa shape index (κ3) is 4.47. The summed E-state index contributed by atoms with van der Waals surface area (Å²) in [5, 5.41) is 0. The number of benzene rings is 3. The van der Waals surface area contributed by atoms with Crippen LogP contribution in [0.1, 0.15) is 32.6 Å². The molecular weight excluding hydrogens is 374 g/mol. The molecule has 1 aliphatic rings. The van der Waals surface area contributed by atoms with Gasteiger partial charge in [-0.05, 0) is 46.5 Å². The maximum absolute atomic E-state index is 12.0. The first-order chi connectivity index (χ1) is 14.5. The number of carbonyl (C=O) groups excluding carboxylic acids is 1. The highest BCUT2D eigenvalue weighted by Gasteiger charge is 2.18. The number of nitrogen functional groups attached to an aromatic ring is 1. The predicted octanol–water partition coefficient (Wildman–Crippen LogP) is 4.07. The lowest BCUT2D eigenvalue weighted by Gasteiger charge is -2.16. The molecule has 0 atom stereocenters. The van der Waals surface area contributed by atoms with E-state index in [9.17, 15) is 4.79 Å². The molecule has 0 saturated carbocycles. The molecule has 0 saturated heterocycles. The van der Waals surface area contributed by atoms with Crippen LogP contribution in [0.15, 0.2) is 66.7 Å². The zero-order valence-corrected chi connectivity index (χ0v) is 17.5. The van der Waals surface area contributed by atoms with Crippen LogP contribution < -0.4 is 10.5 Å². The number of hydrogen-bond acceptors (Lipinski definition) is 4. The van der Waals surface area contributed by atoms with Crippen LogP contribution in [0.4, 0.5) is 5.69 Å². The van der Waals surface area contributed by atoms with Gasteiger partial charge in [-0.15, -0.1) is 0 Å². The summed E-state index contributed by atoms with van der Waals surface area (Å²) in [5.41, 5.74) is 12.5. The second-order valence-corrected chi connectivity index (χ2v) is 7.97. The van der Waals surface area contributed by atoms with Crippen molar-refractivity contribution in [2.75, 3.05) is 19.8 Å². The highest BCUT2D eigenvalue weighted by Crippen LogP contribution is 2.27. The van der Waals surface area contributed by atoms with E-state index in [4.69, 9.17) is 10.5 Å². The summed E-state index contributed by atoms with van der Waals surface area (Å²) in [6.45, 7) is 3.21. The van der Waals surface area contributed by atoms with Crippen molar-refractivity contribution in [3.8, 4) is 5.75 Å². The smallest absolute Gasteiger partial charge is 0.253 e. The highest BCUT2D eigenvalue weighted by molar-refractivity contribution is 5.93. The predicted molar refractivity (Wildman–Crippen MR) is 119 cm³/mol. The topological polar surface area (TPSA) is 58.8 Å². The standard InChI is InChI=1S/C25H27N3O2/c1-27(2)25(29)20-10-7-18(8-11-20)17-30-24-12-9-19(13-23(24)26)14-28-15-21-5-3-4-6-22(21)16-28/h3-13H,14-17,26H2,1-2H3. The Kier molecular flexibility index (Phi) is 5.72. The van der Waals surface area contributed by atoms with Crippen molar-refractivity contribution in [1.82, 2.24) is 9.80 Å². The molecule has 5 nitrogen and oxygen atoms in total. The van der Waals surface area contributed by atoms with Gasteiger partial charge in [0.1, 0.15) is 12.4 Å². The van der Waals surface area contributed by atoms with E-state index in [1.165, 1.54) is 16.7 Å². The van der Waals surface area contributed by atoms with Crippen molar-refractivity contribution in [2.24, 2.45) is 0 Å². The van der Waals surface area contributed by atoms with Crippen LogP contribution in [-0.2, 0) is 26.2 Å². The van der Waals surface area contributed by atoms with Gasteiger partial charge in [-0.3, -0.25) is 9.69 Å². The van der Waals surface area contributed by atoms with E-state index in [0.29, 0.717) is 23.6 Å². The fraction of sp³-hybridized carbons (Fsp3) is 0.240. The van der Waals surface area contributed by atoms with Crippen LogP contribution >= 0.6 is 0 Å². The van der Waals surface area contributed by atoms with Gasteiger partial charge >= 0.3 is 0 Å². The van der Waals surface area contributed by atoms with Crippen molar-refractivity contribution >= 4 is 11.6 Å². The van der Waals surface area contributed by atoms with Gasteiger partial charge in [-0.25, -0.2) is 0 Å². The number of ether oxygens (including phenoxy) is 1. The summed E-state index contributed by atoms with van der Waals surface area (Å²) in [6.07, 6.45) is 0. The minimum atomic E-state index is -0.0107. The van der Waals surface area contributed by atoms with E-state index in [1.807, 2.05) is 36.4 Å². The molecule has 1 amide bonds. The number of nitrogens with two attached hydrogens (primary N) is 1. The molecule has 0 bridgehead atoms. The van der Waals surface area contributed by atoms with Gasteiger partial charge in [-0.2, -0.15) is 0 Å². The molecule has 1 aliphatic heterocycles. The Bertz CT molecular complexity index is 1020. The maximum Gasteiger partial charge on any atom is 0.253 e. The van der Waals surface area contributed by atoms with Gasteiger partial charge in [0.15, 0.2) is 0 Å². The van der Waals surface area contributed by atoms with Gasteiger partial charge in [0.25, 0.3) is 5.91 Å². The normalized spacial score (nSPS) is 13.1. The number of amides is 1. The molecule has 0 radical (unpaired) electrons. The molecule has 154 valence electrons. The lowest BCUT2D eigenvalue weighted by atomic mass is 10.1. The average molecular weight is 402 g/mol. The summed E-state index contributed by atoms with van der Waals surface area (Å²) in [6, 6.07) is 22.1. The van der Waals surface area contributed by atoms with Gasteiger partial charge < -0.3 is 15.4 Å². The Morgan fingerprint density at radius 3 is 2.20 bits per heavy atom. The molecule has 0 unspecified atom stereocenters. The first kappa shape index (κ1) is 20.0. The van der Waals surface area contributed by atoms with E-state index in [-0.39, 0.29) is 5.91 Å². The quantitative estimate of drug-likeness (QED) is 0.633. The van der Waals surface area contributed by atoms with E-state index >= 15 is 0 Å². The fourth-order valence-electron chi connectivity index (χ4n) is 3.76.